The number of fused-ring (bicyclic) bond motifs is 1. The summed E-state index contributed by atoms with van der Waals surface area (Å²) in [6.45, 7) is 0.994. The Hall–Kier alpha value is -1.65. The molecule has 18 heavy (non-hydrogen) atoms. The Morgan fingerprint density at radius 2 is 1.94 bits per heavy atom. The average Bonchev–Trinajstić information content (AvgIpc) is 2.87. The van der Waals surface area contributed by atoms with E-state index in [-0.39, 0.29) is 5.56 Å². The number of anilines is 1. The second kappa shape index (κ2) is 4.55. The zero-order valence-electron chi connectivity index (χ0n) is 10.2. The zero-order valence-corrected chi connectivity index (χ0v) is 10.2. The standard InChI is InChI=1S/C13H17N3O2/c17-12(18)10-7-14-13(15-8-10)16-6-2-4-9-3-1-5-11(9)16/h7-9,11H,1-6H2,(H,17,18). The number of rotatable bonds is 2. The van der Waals surface area contributed by atoms with E-state index in [2.05, 4.69) is 14.9 Å². The monoisotopic (exact) mass is 247 g/mol. The van der Waals surface area contributed by atoms with Crippen LogP contribution in [0.2, 0.25) is 0 Å². The van der Waals surface area contributed by atoms with Gasteiger partial charge >= 0.3 is 5.97 Å². The van der Waals surface area contributed by atoms with E-state index in [0.717, 1.165) is 12.5 Å². The van der Waals surface area contributed by atoms with Crippen LogP contribution in [0, 0.1) is 5.92 Å². The van der Waals surface area contributed by atoms with Gasteiger partial charge in [-0.3, -0.25) is 0 Å². The minimum Gasteiger partial charge on any atom is -0.478 e. The van der Waals surface area contributed by atoms with Crippen LogP contribution < -0.4 is 4.90 Å². The lowest BCUT2D eigenvalue weighted by Crippen LogP contribution is -2.43. The van der Waals surface area contributed by atoms with Gasteiger partial charge in [-0.05, 0) is 31.6 Å². The number of carbonyl (C=O) groups is 1. The smallest absolute Gasteiger partial charge is 0.338 e. The number of hydrogen-bond donors (Lipinski definition) is 1. The summed E-state index contributed by atoms with van der Waals surface area (Å²) in [5.74, 6) is 0.497. The first-order valence-electron chi connectivity index (χ1n) is 6.57. The third-order valence-corrected chi connectivity index (χ3v) is 4.14. The van der Waals surface area contributed by atoms with E-state index >= 15 is 0 Å². The molecule has 5 nitrogen and oxygen atoms in total. The predicted molar refractivity (Wildman–Crippen MR) is 66.7 cm³/mol. The normalized spacial score (nSPS) is 27.0. The van der Waals surface area contributed by atoms with Gasteiger partial charge in [0, 0.05) is 25.0 Å². The van der Waals surface area contributed by atoms with Crippen molar-refractivity contribution in [2.45, 2.75) is 38.1 Å². The number of nitrogens with zero attached hydrogens (tertiary/aromatic N) is 3. The minimum atomic E-state index is -0.973. The molecule has 0 aromatic carbocycles. The van der Waals surface area contributed by atoms with Gasteiger partial charge in [0.05, 0.1) is 5.56 Å². The van der Waals surface area contributed by atoms with E-state index < -0.39 is 5.97 Å². The number of carboxylic acids is 1. The Bertz CT molecular complexity index is 446. The Morgan fingerprint density at radius 3 is 2.67 bits per heavy atom. The Morgan fingerprint density at radius 1 is 1.22 bits per heavy atom. The minimum absolute atomic E-state index is 0.152. The molecular formula is C13H17N3O2. The van der Waals surface area contributed by atoms with Crippen molar-refractivity contribution in [3.05, 3.63) is 18.0 Å². The van der Waals surface area contributed by atoms with Crippen molar-refractivity contribution in [1.29, 1.82) is 0 Å². The molecule has 1 aromatic heterocycles. The van der Waals surface area contributed by atoms with Crippen LogP contribution in [-0.2, 0) is 0 Å². The van der Waals surface area contributed by atoms with E-state index in [1.165, 1.54) is 44.5 Å². The van der Waals surface area contributed by atoms with E-state index in [9.17, 15) is 4.79 Å². The highest BCUT2D eigenvalue weighted by molar-refractivity contribution is 5.86. The predicted octanol–water partition coefficient (Wildman–Crippen LogP) is 1.94. The number of hydrogen-bond acceptors (Lipinski definition) is 4. The van der Waals surface area contributed by atoms with Gasteiger partial charge in [-0.25, -0.2) is 14.8 Å². The van der Waals surface area contributed by atoms with Crippen molar-refractivity contribution >= 4 is 11.9 Å². The zero-order chi connectivity index (χ0) is 12.5. The molecule has 5 heteroatoms. The molecule has 96 valence electrons. The van der Waals surface area contributed by atoms with E-state index in [1.54, 1.807) is 0 Å². The van der Waals surface area contributed by atoms with Crippen LogP contribution in [0.5, 0.6) is 0 Å². The SMILES string of the molecule is O=C(O)c1cnc(N2CCCC3CCCC32)nc1. The first-order valence-corrected chi connectivity index (χ1v) is 6.57. The summed E-state index contributed by atoms with van der Waals surface area (Å²) in [6.07, 6.45) is 9.13. The lowest BCUT2D eigenvalue weighted by atomic mass is 9.92. The molecular weight excluding hydrogens is 230 g/mol. The third-order valence-electron chi connectivity index (χ3n) is 4.14. The number of piperidine rings is 1. The molecule has 0 spiro atoms. The summed E-state index contributed by atoms with van der Waals surface area (Å²) in [5.41, 5.74) is 0.152. The summed E-state index contributed by atoms with van der Waals surface area (Å²) >= 11 is 0. The lowest BCUT2D eigenvalue weighted by molar-refractivity contribution is 0.0696. The first-order chi connectivity index (χ1) is 8.75. The lowest BCUT2D eigenvalue weighted by Gasteiger charge is -2.37. The Kier molecular flexibility index (Phi) is 2.89. The molecule has 2 fully saturated rings. The number of aromatic carboxylic acids is 1. The van der Waals surface area contributed by atoms with Crippen molar-refractivity contribution in [2.24, 2.45) is 5.92 Å². The molecule has 2 heterocycles. The Labute approximate surface area is 106 Å². The summed E-state index contributed by atoms with van der Waals surface area (Å²) in [4.78, 5) is 21.5. The average molecular weight is 247 g/mol. The molecule has 0 radical (unpaired) electrons. The maximum Gasteiger partial charge on any atom is 0.338 e. The van der Waals surface area contributed by atoms with Crippen molar-refractivity contribution < 1.29 is 9.90 Å². The molecule has 1 aliphatic carbocycles. The fraction of sp³-hybridized carbons (Fsp3) is 0.615. The van der Waals surface area contributed by atoms with Crippen LogP contribution >= 0.6 is 0 Å². The van der Waals surface area contributed by atoms with Gasteiger partial charge < -0.3 is 10.0 Å². The highest BCUT2D eigenvalue weighted by atomic mass is 16.4. The molecule has 1 aliphatic heterocycles. The second-order valence-electron chi connectivity index (χ2n) is 5.17. The van der Waals surface area contributed by atoms with Crippen LogP contribution in [0.15, 0.2) is 12.4 Å². The van der Waals surface area contributed by atoms with Crippen LogP contribution in [0.1, 0.15) is 42.5 Å². The molecule has 1 saturated carbocycles. The van der Waals surface area contributed by atoms with Gasteiger partial charge in [-0.15, -0.1) is 0 Å². The van der Waals surface area contributed by atoms with Gasteiger partial charge in [0.2, 0.25) is 5.95 Å². The fourth-order valence-corrected chi connectivity index (χ4v) is 3.28. The molecule has 1 N–H and O–H groups in total. The molecule has 0 amide bonds. The molecule has 3 rings (SSSR count). The van der Waals surface area contributed by atoms with E-state index in [4.69, 9.17) is 5.11 Å². The van der Waals surface area contributed by atoms with Gasteiger partial charge in [-0.1, -0.05) is 6.42 Å². The van der Waals surface area contributed by atoms with Crippen LogP contribution in [0.4, 0.5) is 5.95 Å². The maximum absolute atomic E-state index is 10.8. The van der Waals surface area contributed by atoms with Crippen molar-refractivity contribution in [2.75, 3.05) is 11.4 Å². The molecule has 0 bridgehead atoms. The van der Waals surface area contributed by atoms with Crippen molar-refractivity contribution in [3.63, 3.8) is 0 Å². The maximum atomic E-state index is 10.8. The highest BCUT2D eigenvalue weighted by Crippen LogP contribution is 2.37. The van der Waals surface area contributed by atoms with Gasteiger partial charge in [0.25, 0.3) is 0 Å². The third kappa shape index (κ3) is 1.94. The molecule has 1 aromatic rings. The van der Waals surface area contributed by atoms with E-state index in [0.29, 0.717) is 12.0 Å². The first kappa shape index (κ1) is 11.4. The molecule has 2 atom stereocenters. The summed E-state index contributed by atoms with van der Waals surface area (Å²) in [6, 6.07) is 0.564. The van der Waals surface area contributed by atoms with Crippen molar-refractivity contribution in [3.8, 4) is 0 Å². The summed E-state index contributed by atoms with van der Waals surface area (Å²) in [5, 5.41) is 8.84. The number of aromatic nitrogens is 2. The van der Waals surface area contributed by atoms with Gasteiger partial charge in [0.15, 0.2) is 0 Å². The van der Waals surface area contributed by atoms with Gasteiger partial charge in [-0.2, -0.15) is 0 Å². The van der Waals surface area contributed by atoms with Crippen molar-refractivity contribution in [1.82, 2.24) is 9.97 Å². The Balaban J connectivity index is 1.82. The van der Waals surface area contributed by atoms with Crippen LogP contribution in [0.3, 0.4) is 0 Å². The van der Waals surface area contributed by atoms with Gasteiger partial charge in [0.1, 0.15) is 0 Å². The quantitative estimate of drug-likeness (QED) is 0.865. The molecule has 2 aliphatic rings. The van der Waals surface area contributed by atoms with Crippen LogP contribution in [0.25, 0.3) is 0 Å². The molecule has 2 unspecified atom stereocenters. The number of carboxylic acid groups (broad SMARTS) is 1. The summed E-state index contributed by atoms with van der Waals surface area (Å²) < 4.78 is 0. The topological polar surface area (TPSA) is 66.3 Å². The molecule has 1 saturated heterocycles. The van der Waals surface area contributed by atoms with E-state index in [1.807, 2.05) is 0 Å². The second-order valence-corrected chi connectivity index (χ2v) is 5.17. The fourth-order valence-electron chi connectivity index (χ4n) is 3.28. The summed E-state index contributed by atoms with van der Waals surface area (Å²) in [7, 11) is 0. The van der Waals surface area contributed by atoms with Crippen LogP contribution in [-0.4, -0.2) is 33.6 Å². The highest BCUT2D eigenvalue weighted by Gasteiger charge is 2.36. The largest absolute Gasteiger partial charge is 0.478 e.